The number of aromatic nitrogens is 2. The van der Waals surface area contributed by atoms with Gasteiger partial charge in [0.25, 0.3) is 0 Å². The van der Waals surface area contributed by atoms with E-state index in [1.807, 2.05) is 13.8 Å². The van der Waals surface area contributed by atoms with Crippen molar-refractivity contribution >= 4 is 5.82 Å². The van der Waals surface area contributed by atoms with Crippen LogP contribution in [0.25, 0.3) is 0 Å². The Bertz CT molecular complexity index is 703. The second-order valence-corrected chi connectivity index (χ2v) is 6.60. The van der Waals surface area contributed by atoms with Crippen LogP contribution in [0.3, 0.4) is 0 Å². The third kappa shape index (κ3) is 3.90. The monoisotopic (exact) mass is 329 g/mol. The predicted molar refractivity (Wildman–Crippen MR) is 92.5 cm³/mol. The summed E-state index contributed by atoms with van der Waals surface area (Å²) in [6.45, 7) is 3.94. The number of benzene rings is 1. The van der Waals surface area contributed by atoms with Crippen molar-refractivity contribution in [2.24, 2.45) is 0 Å². The lowest BCUT2D eigenvalue weighted by Crippen LogP contribution is -2.22. The first-order chi connectivity index (χ1) is 11.5. The number of aliphatic hydroxyl groups excluding tert-OH is 1. The van der Waals surface area contributed by atoms with E-state index < -0.39 is 6.10 Å². The molecule has 1 aromatic carbocycles. The molecule has 1 aromatic heterocycles. The molecule has 2 unspecified atom stereocenters. The Morgan fingerprint density at radius 3 is 2.62 bits per heavy atom. The summed E-state index contributed by atoms with van der Waals surface area (Å²) in [4.78, 5) is 9.13. The van der Waals surface area contributed by atoms with Gasteiger partial charge in [0.05, 0.1) is 6.10 Å². The number of rotatable bonds is 5. The van der Waals surface area contributed by atoms with Crippen LogP contribution < -0.4 is 5.32 Å². The topological polar surface area (TPSA) is 58.0 Å². The van der Waals surface area contributed by atoms with Gasteiger partial charge in [0.15, 0.2) is 0 Å². The Morgan fingerprint density at radius 2 is 1.88 bits per heavy atom. The standard InChI is InChI=1S/C19H24FN3O/c1-12(11-18(24)14-7-9-15(20)10-8-14)21-19-16-5-3-4-6-17(16)22-13(2)23-19/h7-10,12,18,24H,3-6,11H2,1-2H3,(H,21,22,23). The van der Waals surface area contributed by atoms with E-state index in [0.29, 0.717) is 6.42 Å². The maximum atomic E-state index is 13.0. The Morgan fingerprint density at radius 1 is 1.17 bits per heavy atom. The Kier molecular flexibility index (Phi) is 5.09. The van der Waals surface area contributed by atoms with Crippen LogP contribution in [0.5, 0.6) is 0 Å². The summed E-state index contributed by atoms with van der Waals surface area (Å²) >= 11 is 0. The number of nitrogens with zero attached hydrogens (tertiary/aromatic N) is 2. The molecule has 24 heavy (non-hydrogen) atoms. The molecule has 0 spiro atoms. The first kappa shape index (κ1) is 16.8. The third-order valence-electron chi connectivity index (χ3n) is 4.51. The quantitative estimate of drug-likeness (QED) is 0.877. The molecule has 0 fully saturated rings. The molecule has 0 aliphatic heterocycles. The average Bonchev–Trinajstić information content (AvgIpc) is 2.55. The second kappa shape index (κ2) is 7.26. The van der Waals surface area contributed by atoms with Crippen LogP contribution >= 0.6 is 0 Å². The minimum atomic E-state index is -0.633. The normalized spacial score (nSPS) is 16.3. The molecule has 0 bridgehead atoms. The van der Waals surface area contributed by atoms with Gasteiger partial charge in [-0.1, -0.05) is 12.1 Å². The van der Waals surface area contributed by atoms with E-state index in [9.17, 15) is 9.50 Å². The van der Waals surface area contributed by atoms with Crippen LogP contribution in [0.15, 0.2) is 24.3 Å². The molecular weight excluding hydrogens is 305 g/mol. The summed E-state index contributed by atoms with van der Waals surface area (Å²) in [5.74, 6) is 1.39. The maximum absolute atomic E-state index is 13.0. The predicted octanol–water partition coefficient (Wildman–Crippen LogP) is 3.73. The van der Waals surface area contributed by atoms with E-state index in [4.69, 9.17) is 0 Å². The van der Waals surface area contributed by atoms with Gasteiger partial charge < -0.3 is 10.4 Å². The lowest BCUT2D eigenvalue weighted by Gasteiger charge is -2.23. The van der Waals surface area contributed by atoms with Gasteiger partial charge in [-0.3, -0.25) is 0 Å². The van der Waals surface area contributed by atoms with Crippen molar-refractivity contribution in [3.05, 3.63) is 52.7 Å². The minimum Gasteiger partial charge on any atom is -0.388 e. The van der Waals surface area contributed by atoms with E-state index in [-0.39, 0.29) is 11.9 Å². The van der Waals surface area contributed by atoms with Crippen LogP contribution in [0, 0.1) is 12.7 Å². The van der Waals surface area contributed by atoms with Crippen molar-refractivity contribution in [2.75, 3.05) is 5.32 Å². The molecule has 1 heterocycles. The first-order valence-electron chi connectivity index (χ1n) is 8.59. The van der Waals surface area contributed by atoms with Crippen molar-refractivity contribution < 1.29 is 9.50 Å². The molecule has 1 aliphatic carbocycles. The number of anilines is 1. The maximum Gasteiger partial charge on any atom is 0.133 e. The number of hydrogen-bond acceptors (Lipinski definition) is 4. The first-order valence-corrected chi connectivity index (χ1v) is 8.59. The van der Waals surface area contributed by atoms with Gasteiger partial charge in [-0.2, -0.15) is 0 Å². The number of fused-ring (bicyclic) bond motifs is 1. The molecule has 0 radical (unpaired) electrons. The molecule has 1 aliphatic rings. The zero-order valence-corrected chi connectivity index (χ0v) is 14.2. The fraction of sp³-hybridized carbons (Fsp3) is 0.474. The molecule has 0 saturated carbocycles. The number of hydrogen-bond donors (Lipinski definition) is 2. The van der Waals surface area contributed by atoms with Gasteiger partial charge >= 0.3 is 0 Å². The second-order valence-electron chi connectivity index (χ2n) is 6.60. The van der Waals surface area contributed by atoms with Crippen molar-refractivity contribution in [1.29, 1.82) is 0 Å². The molecular formula is C19H24FN3O. The largest absolute Gasteiger partial charge is 0.388 e. The van der Waals surface area contributed by atoms with Crippen LogP contribution in [-0.4, -0.2) is 21.1 Å². The molecule has 128 valence electrons. The Labute approximate surface area is 142 Å². The number of nitrogens with one attached hydrogen (secondary N) is 1. The molecule has 0 saturated heterocycles. The van der Waals surface area contributed by atoms with Crippen molar-refractivity contribution in [3.8, 4) is 0 Å². The van der Waals surface area contributed by atoms with E-state index >= 15 is 0 Å². The summed E-state index contributed by atoms with van der Waals surface area (Å²) in [5.41, 5.74) is 3.10. The SMILES string of the molecule is Cc1nc2c(c(NC(C)CC(O)c3ccc(F)cc3)n1)CCCC2. The number of aryl methyl sites for hydroxylation is 2. The summed E-state index contributed by atoms with van der Waals surface area (Å²) in [7, 11) is 0. The van der Waals surface area contributed by atoms with E-state index in [1.165, 1.54) is 30.5 Å². The molecule has 5 heteroatoms. The number of aliphatic hydroxyl groups is 1. The minimum absolute atomic E-state index is 0.0466. The average molecular weight is 329 g/mol. The van der Waals surface area contributed by atoms with Gasteiger partial charge in [0.2, 0.25) is 0 Å². The van der Waals surface area contributed by atoms with Crippen molar-refractivity contribution in [3.63, 3.8) is 0 Å². The third-order valence-corrected chi connectivity index (χ3v) is 4.51. The van der Waals surface area contributed by atoms with E-state index in [0.717, 1.165) is 35.7 Å². The molecule has 2 N–H and O–H groups in total. The highest BCUT2D eigenvalue weighted by molar-refractivity contribution is 5.48. The van der Waals surface area contributed by atoms with Gasteiger partial charge in [-0.25, -0.2) is 14.4 Å². The van der Waals surface area contributed by atoms with Gasteiger partial charge in [-0.05, 0) is 63.6 Å². The van der Waals surface area contributed by atoms with Crippen LogP contribution in [0.1, 0.15) is 54.9 Å². The van der Waals surface area contributed by atoms with E-state index in [1.54, 1.807) is 12.1 Å². The highest BCUT2D eigenvalue weighted by atomic mass is 19.1. The van der Waals surface area contributed by atoms with Gasteiger partial charge in [0.1, 0.15) is 17.5 Å². The zero-order chi connectivity index (χ0) is 17.1. The number of halogens is 1. The summed E-state index contributed by atoms with van der Waals surface area (Å²) in [5, 5.41) is 13.8. The van der Waals surface area contributed by atoms with Crippen molar-refractivity contribution in [2.45, 2.75) is 58.1 Å². The van der Waals surface area contributed by atoms with Crippen molar-refractivity contribution in [1.82, 2.24) is 9.97 Å². The molecule has 4 nitrogen and oxygen atoms in total. The zero-order valence-electron chi connectivity index (χ0n) is 14.2. The summed E-state index contributed by atoms with van der Waals surface area (Å²) in [6, 6.07) is 6.06. The Hall–Kier alpha value is -2.01. The fourth-order valence-electron chi connectivity index (χ4n) is 3.29. The molecule has 2 aromatic rings. The van der Waals surface area contributed by atoms with E-state index in [2.05, 4.69) is 15.3 Å². The Balaban J connectivity index is 1.69. The van der Waals surface area contributed by atoms with Crippen LogP contribution in [0.2, 0.25) is 0 Å². The lowest BCUT2D eigenvalue weighted by molar-refractivity contribution is 0.162. The van der Waals surface area contributed by atoms with Crippen LogP contribution in [-0.2, 0) is 12.8 Å². The molecule has 3 rings (SSSR count). The van der Waals surface area contributed by atoms with Gasteiger partial charge in [-0.15, -0.1) is 0 Å². The fourth-order valence-corrected chi connectivity index (χ4v) is 3.29. The molecule has 0 amide bonds. The highest BCUT2D eigenvalue weighted by Crippen LogP contribution is 2.27. The van der Waals surface area contributed by atoms with Crippen LogP contribution in [0.4, 0.5) is 10.2 Å². The smallest absolute Gasteiger partial charge is 0.133 e. The summed E-state index contributed by atoms with van der Waals surface area (Å²) < 4.78 is 13.0. The molecule has 2 atom stereocenters. The lowest BCUT2D eigenvalue weighted by atomic mass is 9.96. The highest BCUT2D eigenvalue weighted by Gasteiger charge is 2.19. The summed E-state index contributed by atoms with van der Waals surface area (Å²) in [6.07, 6.45) is 4.27. The van der Waals surface area contributed by atoms with Gasteiger partial charge in [0, 0.05) is 17.3 Å².